The number of carbonyl (C=O) groups excluding carboxylic acids is 1. The Morgan fingerprint density at radius 3 is 2.76 bits per heavy atom. The van der Waals surface area contributed by atoms with Crippen LogP contribution in [0.5, 0.6) is 0 Å². The number of aromatic nitrogens is 3. The number of benzene rings is 2. The third-order valence-electron chi connectivity index (χ3n) is 3.91. The van der Waals surface area contributed by atoms with Crippen LogP contribution in [0, 0.1) is 0 Å². The zero-order valence-corrected chi connectivity index (χ0v) is 14.5. The van der Waals surface area contributed by atoms with E-state index in [4.69, 9.17) is 27.9 Å². The number of fused-ring (bicyclic) bond motifs is 2. The van der Waals surface area contributed by atoms with Gasteiger partial charge in [-0.1, -0.05) is 29.3 Å². The van der Waals surface area contributed by atoms with E-state index in [2.05, 4.69) is 15.0 Å². The van der Waals surface area contributed by atoms with Crippen LogP contribution in [0.1, 0.15) is 10.4 Å². The molecule has 0 amide bonds. The van der Waals surface area contributed by atoms with Gasteiger partial charge in [-0.25, -0.2) is 9.78 Å². The summed E-state index contributed by atoms with van der Waals surface area (Å²) in [6.07, 6.45) is 1.64. The topological polar surface area (TPSA) is 67.9 Å². The van der Waals surface area contributed by atoms with E-state index in [0.29, 0.717) is 32.5 Å². The second-order valence-electron chi connectivity index (χ2n) is 5.46. The molecular weight excluding hydrogens is 361 g/mol. The summed E-state index contributed by atoms with van der Waals surface area (Å²) in [5.74, 6) is 0.150. The number of nitrogens with zero attached hydrogens (tertiary/aromatic N) is 2. The largest absolute Gasteiger partial charge is 0.465 e. The molecule has 0 bridgehead atoms. The highest BCUT2D eigenvalue weighted by molar-refractivity contribution is 6.42. The first-order chi connectivity index (χ1) is 12.1. The molecule has 124 valence electrons. The van der Waals surface area contributed by atoms with Crippen LogP contribution < -0.4 is 0 Å². The van der Waals surface area contributed by atoms with Crippen molar-refractivity contribution in [1.82, 2.24) is 15.0 Å². The number of aromatic amines is 1. The Bertz CT molecular complexity index is 1100. The van der Waals surface area contributed by atoms with Gasteiger partial charge >= 0.3 is 5.97 Å². The Morgan fingerprint density at radius 2 is 1.96 bits per heavy atom. The number of hydrogen-bond acceptors (Lipinski definition) is 4. The summed E-state index contributed by atoms with van der Waals surface area (Å²) < 4.78 is 4.88. The Labute approximate surface area is 152 Å². The number of hydrogen-bond donors (Lipinski definition) is 1. The minimum atomic E-state index is -0.451. The summed E-state index contributed by atoms with van der Waals surface area (Å²) in [4.78, 5) is 24.2. The van der Waals surface area contributed by atoms with Crippen LogP contribution in [-0.2, 0) is 4.74 Å². The molecule has 4 aromatic rings. The van der Waals surface area contributed by atoms with E-state index >= 15 is 0 Å². The highest BCUT2D eigenvalue weighted by Gasteiger charge is 2.16. The number of methoxy groups -OCH3 is 1. The van der Waals surface area contributed by atoms with E-state index in [-0.39, 0.29) is 0 Å². The van der Waals surface area contributed by atoms with E-state index in [1.54, 1.807) is 24.4 Å². The van der Waals surface area contributed by atoms with Crippen LogP contribution in [0.15, 0.2) is 42.6 Å². The van der Waals surface area contributed by atoms with Gasteiger partial charge in [-0.15, -0.1) is 0 Å². The Hall–Kier alpha value is -2.63. The fraction of sp³-hybridized carbons (Fsp3) is 0.0556. The normalized spacial score (nSPS) is 11.2. The van der Waals surface area contributed by atoms with Crippen molar-refractivity contribution in [2.75, 3.05) is 7.11 Å². The fourth-order valence-electron chi connectivity index (χ4n) is 2.74. The molecule has 0 saturated heterocycles. The summed E-state index contributed by atoms with van der Waals surface area (Å²) in [5.41, 5.74) is 3.15. The average molecular weight is 372 g/mol. The maximum absolute atomic E-state index is 12.1. The Balaban J connectivity index is 1.96. The number of rotatable bonds is 2. The molecule has 0 aliphatic rings. The molecule has 25 heavy (non-hydrogen) atoms. The number of pyridine rings is 1. The van der Waals surface area contributed by atoms with Gasteiger partial charge < -0.3 is 9.72 Å². The van der Waals surface area contributed by atoms with Crippen molar-refractivity contribution < 1.29 is 9.53 Å². The zero-order valence-electron chi connectivity index (χ0n) is 13.0. The number of carbonyl (C=O) groups is 1. The van der Waals surface area contributed by atoms with Crippen molar-refractivity contribution >= 4 is 51.1 Å². The number of nitrogens with one attached hydrogen (secondary N) is 1. The Kier molecular flexibility index (Phi) is 3.82. The number of ether oxygens (including phenoxy) is 1. The summed E-state index contributed by atoms with van der Waals surface area (Å²) >= 11 is 12.1. The predicted octanol–water partition coefficient (Wildman–Crippen LogP) is 4.87. The molecule has 2 heterocycles. The monoisotopic (exact) mass is 371 g/mol. The lowest BCUT2D eigenvalue weighted by atomic mass is 10.0. The van der Waals surface area contributed by atoms with Crippen LogP contribution in [0.25, 0.3) is 33.3 Å². The third kappa shape index (κ3) is 2.71. The summed E-state index contributed by atoms with van der Waals surface area (Å²) in [5, 5.41) is 1.70. The van der Waals surface area contributed by atoms with Crippen LogP contribution in [0.3, 0.4) is 0 Å². The smallest absolute Gasteiger partial charge is 0.340 e. The van der Waals surface area contributed by atoms with Gasteiger partial charge in [-0.2, -0.15) is 0 Å². The molecule has 0 aliphatic carbocycles. The van der Waals surface area contributed by atoms with Gasteiger partial charge in [0.25, 0.3) is 0 Å². The Morgan fingerprint density at radius 1 is 1.16 bits per heavy atom. The van der Waals surface area contributed by atoms with E-state index in [1.165, 1.54) is 7.11 Å². The molecule has 7 heteroatoms. The second kappa shape index (κ2) is 6.02. The molecule has 0 unspecified atom stereocenters. The molecule has 0 atom stereocenters. The van der Waals surface area contributed by atoms with E-state index < -0.39 is 5.97 Å². The molecule has 2 aromatic heterocycles. The van der Waals surface area contributed by atoms with Crippen LogP contribution in [-0.4, -0.2) is 28.0 Å². The SMILES string of the molecule is COC(=O)c1cc(-c2nc3cc(Cl)c(Cl)cc3[nH]2)cc2cccnc12. The molecule has 2 aromatic carbocycles. The van der Waals surface area contributed by atoms with Gasteiger partial charge in [0.1, 0.15) is 5.82 Å². The second-order valence-corrected chi connectivity index (χ2v) is 6.27. The van der Waals surface area contributed by atoms with Crippen molar-refractivity contribution in [2.24, 2.45) is 0 Å². The van der Waals surface area contributed by atoms with Crippen molar-refractivity contribution in [3.05, 3.63) is 58.2 Å². The number of H-pyrrole nitrogens is 1. The molecule has 5 nitrogen and oxygen atoms in total. The maximum Gasteiger partial charge on any atom is 0.340 e. The maximum atomic E-state index is 12.1. The molecule has 0 fully saturated rings. The molecule has 0 spiro atoms. The van der Waals surface area contributed by atoms with Gasteiger partial charge in [0.05, 0.1) is 39.3 Å². The van der Waals surface area contributed by atoms with Crippen molar-refractivity contribution in [3.63, 3.8) is 0 Å². The first-order valence-corrected chi connectivity index (χ1v) is 8.14. The van der Waals surface area contributed by atoms with Gasteiger partial charge in [0.15, 0.2) is 0 Å². The van der Waals surface area contributed by atoms with Crippen LogP contribution in [0.4, 0.5) is 0 Å². The summed E-state index contributed by atoms with van der Waals surface area (Å²) in [6.45, 7) is 0. The number of esters is 1. The lowest BCUT2D eigenvalue weighted by Crippen LogP contribution is -2.03. The minimum absolute atomic E-state index is 0.382. The first kappa shape index (κ1) is 15.9. The van der Waals surface area contributed by atoms with E-state index in [9.17, 15) is 4.79 Å². The van der Waals surface area contributed by atoms with Gasteiger partial charge in [0, 0.05) is 17.1 Å². The lowest BCUT2D eigenvalue weighted by Gasteiger charge is -2.06. The summed E-state index contributed by atoms with van der Waals surface area (Å²) in [7, 11) is 1.34. The zero-order chi connectivity index (χ0) is 17.6. The standard InChI is InChI=1S/C18H11Cl2N3O2/c1-25-18(24)11-6-10(5-9-3-2-4-21-16(9)11)17-22-14-7-12(19)13(20)8-15(14)23-17/h2-8H,1H3,(H,22,23). The predicted molar refractivity (Wildman–Crippen MR) is 98.2 cm³/mol. The minimum Gasteiger partial charge on any atom is -0.465 e. The molecule has 0 radical (unpaired) electrons. The molecule has 4 rings (SSSR count). The molecular formula is C18H11Cl2N3O2. The molecule has 0 aliphatic heterocycles. The van der Waals surface area contributed by atoms with E-state index in [1.807, 2.05) is 18.2 Å². The van der Waals surface area contributed by atoms with Crippen molar-refractivity contribution in [3.8, 4) is 11.4 Å². The lowest BCUT2D eigenvalue weighted by molar-refractivity contribution is 0.0603. The van der Waals surface area contributed by atoms with Crippen LogP contribution >= 0.6 is 23.2 Å². The molecule has 1 N–H and O–H groups in total. The molecule has 0 saturated carbocycles. The third-order valence-corrected chi connectivity index (χ3v) is 4.63. The quantitative estimate of drug-likeness (QED) is 0.510. The number of imidazole rings is 1. The van der Waals surface area contributed by atoms with Gasteiger partial charge in [-0.05, 0) is 30.3 Å². The number of halogens is 2. The van der Waals surface area contributed by atoms with Crippen molar-refractivity contribution in [1.29, 1.82) is 0 Å². The summed E-state index contributed by atoms with van der Waals surface area (Å²) in [6, 6.07) is 10.7. The highest BCUT2D eigenvalue weighted by Crippen LogP contribution is 2.30. The van der Waals surface area contributed by atoms with Gasteiger partial charge in [0.2, 0.25) is 0 Å². The van der Waals surface area contributed by atoms with Crippen LogP contribution in [0.2, 0.25) is 10.0 Å². The average Bonchev–Trinajstić information content (AvgIpc) is 3.03. The highest BCUT2D eigenvalue weighted by atomic mass is 35.5. The first-order valence-electron chi connectivity index (χ1n) is 7.39. The van der Waals surface area contributed by atoms with Crippen molar-refractivity contribution in [2.45, 2.75) is 0 Å². The van der Waals surface area contributed by atoms with E-state index in [0.717, 1.165) is 16.5 Å². The fourth-order valence-corrected chi connectivity index (χ4v) is 3.06. The van der Waals surface area contributed by atoms with Gasteiger partial charge in [-0.3, -0.25) is 4.98 Å².